The largest absolute Gasteiger partial charge is 0.310 e. The number of rotatable bonds is 6. The quantitative estimate of drug-likeness (QED) is 0.835. The lowest BCUT2D eigenvalue weighted by Gasteiger charge is -2.17. The van der Waals surface area contributed by atoms with Crippen molar-refractivity contribution in [3.8, 4) is 6.07 Å². The van der Waals surface area contributed by atoms with Gasteiger partial charge in [-0.05, 0) is 42.5 Å². The Morgan fingerprint density at radius 3 is 2.89 bits per heavy atom. The Kier molecular flexibility index (Phi) is 4.33. The van der Waals surface area contributed by atoms with Crippen LogP contribution in [0, 0.1) is 23.1 Å². The van der Waals surface area contributed by atoms with Crippen molar-refractivity contribution in [2.45, 2.75) is 45.2 Å². The van der Waals surface area contributed by atoms with Crippen molar-refractivity contribution in [2.75, 3.05) is 0 Å². The molecule has 2 nitrogen and oxygen atoms in total. The third-order valence-electron chi connectivity index (χ3n) is 3.58. The molecule has 1 saturated carbocycles. The van der Waals surface area contributed by atoms with Gasteiger partial charge in [0.15, 0.2) is 0 Å². The molecule has 0 heterocycles. The van der Waals surface area contributed by atoms with Crippen LogP contribution in [0.15, 0.2) is 18.2 Å². The van der Waals surface area contributed by atoms with Gasteiger partial charge in [-0.25, -0.2) is 4.39 Å². The SMILES string of the molecule is CCC(CC1CC1)NCc1cc(F)ccc1C#N. The summed E-state index contributed by atoms with van der Waals surface area (Å²) in [5.74, 6) is 0.603. The lowest BCUT2D eigenvalue weighted by Crippen LogP contribution is -2.28. The van der Waals surface area contributed by atoms with E-state index in [1.165, 1.54) is 31.4 Å². The van der Waals surface area contributed by atoms with Crippen LogP contribution in [0.1, 0.15) is 43.7 Å². The number of hydrogen-bond acceptors (Lipinski definition) is 2. The van der Waals surface area contributed by atoms with Gasteiger partial charge in [-0.3, -0.25) is 0 Å². The average molecular weight is 246 g/mol. The maximum Gasteiger partial charge on any atom is 0.123 e. The molecular formula is C15H19FN2. The number of nitrogens with zero attached hydrogens (tertiary/aromatic N) is 1. The predicted octanol–water partition coefficient (Wildman–Crippen LogP) is 3.37. The summed E-state index contributed by atoms with van der Waals surface area (Å²) < 4.78 is 13.2. The van der Waals surface area contributed by atoms with Crippen molar-refractivity contribution in [1.29, 1.82) is 5.26 Å². The third-order valence-corrected chi connectivity index (χ3v) is 3.58. The van der Waals surface area contributed by atoms with E-state index in [1.807, 2.05) is 0 Å². The molecule has 0 bridgehead atoms. The first kappa shape index (κ1) is 13.0. The van der Waals surface area contributed by atoms with Crippen LogP contribution < -0.4 is 5.32 Å². The fourth-order valence-corrected chi connectivity index (χ4v) is 2.22. The van der Waals surface area contributed by atoms with Gasteiger partial charge in [0.2, 0.25) is 0 Å². The molecule has 18 heavy (non-hydrogen) atoms. The van der Waals surface area contributed by atoms with Crippen LogP contribution in [-0.4, -0.2) is 6.04 Å². The van der Waals surface area contributed by atoms with Crippen LogP contribution in [0.5, 0.6) is 0 Å². The summed E-state index contributed by atoms with van der Waals surface area (Å²) in [6, 6.07) is 6.93. The van der Waals surface area contributed by atoms with E-state index in [0.717, 1.165) is 17.9 Å². The van der Waals surface area contributed by atoms with Crippen LogP contribution >= 0.6 is 0 Å². The number of nitrogens with one attached hydrogen (secondary N) is 1. The molecule has 1 N–H and O–H groups in total. The van der Waals surface area contributed by atoms with Crippen molar-refractivity contribution >= 4 is 0 Å². The zero-order chi connectivity index (χ0) is 13.0. The highest BCUT2D eigenvalue weighted by atomic mass is 19.1. The van der Waals surface area contributed by atoms with Crippen LogP contribution in [0.3, 0.4) is 0 Å². The van der Waals surface area contributed by atoms with Crippen LogP contribution in [0.25, 0.3) is 0 Å². The van der Waals surface area contributed by atoms with E-state index in [4.69, 9.17) is 5.26 Å². The zero-order valence-electron chi connectivity index (χ0n) is 10.7. The summed E-state index contributed by atoms with van der Waals surface area (Å²) in [7, 11) is 0. The molecule has 0 spiro atoms. The van der Waals surface area contributed by atoms with Crippen molar-refractivity contribution in [3.63, 3.8) is 0 Å². The molecule has 0 radical (unpaired) electrons. The first-order valence-electron chi connectivity index (χ1n) is 6.64. The summed E-state index contributed by atoms with van der Waals surface area (Å²) in [5.41, 5.74) is 1.32. The van der Waals surface area contributed by atoms with E-state index in [-0.39, 0.29) is 5.82 Å². The van der Waals surface area contributed by atoms with Crippen molar-refractivity contribution in [2.24, 2.45) is 5.92 Å². The molecule has 0 amide bonds. The predicted molar refractivity (Wildman–Crippen MR) is 69.4 cm³/mol. The molecule has 1 aromatic carbocycles. The van der Waals surface area contributed by atoms with Gasteiger partial charge in [0.05, 0.1) is 11.6 Å². The summed E-state index contributed by atoms with van der Waals surface area (Å²) in [4.78, 5) is 0. The lowest BCUT2D eigenvalue weighted by molar-refractivity contribution is 0.444. The zero-order valence-corrected chi connectivity index (χ0v) is 10.7. The molecule has 0 saturated heterocycles. The maximum absolute atomic E-state index is 13.2. The molecule has 1 fully saturated rings. The highest BCUT2D eigenvalue weighted by molar-refractivity contribution is 5.37. The van der Waals surface area contributed by atoms with Gasteiger partial charge in [0, 0.05) is 12.6 Å². The van der Waals surface area contributed by atoms with Gasteiger partial charge >= 0.3 is 0 Å². The lowest BCUT2D eigenvalue weighted by atomic mass is 10.1. The van der Waals surface area contributed by atoms with Crippen LogP contribution in [-0.2, 0) is 6.54 Å². The van der Waals surface area contributed by atoms with Gasteiger partial charge in [-0.15, -0.1) is 0 Å². The van der Waals surface area contributed by atoms with E-state index in [0.29, 0.717) is 18.2 Å². The van der Waals surface area contributed by atoms with Gasteiger partial charge < -0.3 is 5.32 Å². The van der Waals surface area contributed by atoms with Crippen molar-refractivity contribution in [1.82, 2.24) is 5.32 Å². The molecule has 3 heteroatoms. The Balaban J connectivity index is 1.95. The standard InChI is InChI=1S/C15H19FN2/c1-2-15(7-11-3-4-11)18-10-13-8-14(16)6-5-12(13)9-17/h5-6,8,11,15,18H,2-4,7,10H2,1H3. The number of nitriles is 1. The summed E-state index contributed by atoms with van der Waals surface area (Å²) >= 11 is 0. The van der Waals surface area contributed by atoms with Crippen molar-refractivity contribution < 1.29 is 4.39 Å². The van der Waals surface area contributed by atoms with Gasteiger partial charge in [-0.2, -0.15) is 5.26 Å². The Hall–Kier alpha value is -1.40. The molecule has 1 aromatic rings. The molecule has 2 rings (SSSR count). The molecule has 1 atom stereocenters. The first-order valence-corrected chi connectivity index (χ1v) is 6.64. The molecule has 96 valence electrons. The molecule has 0 aliphatic heterocycles. The van der Waals surface area contributed by atoms with E-state index < -0.39 is 0 Å². The first-order chi connectivity index (χ1) is 8.72. The van der Waals surface area contributed by atoms with Crippen molar-refractivity contribution in [3.05, 3.63) is 35.1 Å². The average Bonchev–Trinajstić information content (AvgIpc) is 3.18. The minimum absolute atomic E-state index is 0.277. The molecule has 1 aliphatic rings. The van der Waals surface area contributed by atoms with Gasteiger partial charge in [-0.1, -0.05) is 19.8 Å². The van der Waals surface area contributed by atoms with Crippen LogP contribution in [0.4, 0.5) is 4.39 Å². The summed E-state index contributed by atoms with van der Waals surface area (Å²) in [5, 5.41) is 12.4. The Morgan fingerprint density at radius 2 is 2.28 bits per heavy atom. The highest BCUT2D eigenvalue weighted by Gasteiger charge is 2.24. The second-order valence-corrected chi connectivity index (χ2v) is 5.08. The monoisotopic (exact) mass is 246 g/mol. The normalized spacial score (nSPS) is 16.3. The fraction of sp³-hybridized carbons (Fsp3) is 0.533. The van der Waals surface area contributed by atoms with E-state index >= 15 is 0 Å². The smallest absolute Gasteiger partial charge is 0.123 e. The molecule has 1 aliphatic carbocycles. The molecule has 1 unspecified atom stereocenters. The molecule has 0 aromatic heterocycles. The number of benzene rings is 1. The van der Waals surface area contributed by atoms with E-state index in [9.17, 15) is 4.39 Å². The summed E-state index contributed by atoms with van der Waals surface area (Å²) in [6.45, 7) is 2.74. The minimum atomic E-state index is -0.277. The van der Waals surface area contributed by atoms with Gasteiger partial charge in [0.1, 0.15) is 5.82 Å². The maximum atomic E-state index is 13.2. The number of hydrogen-bond donors (Lipinski definition) is 1. The molecular weight excluding hydrogens is 227 g/mol. The third kappa shape index (κ3) is 3.54. The topological polar surface area (TPSA) is 35.8 Å². The number of halogens is 1. The van der Waals surface area contributed by atoms with E-state index in [2.05, 4.69) is 18.3 Å². The van der Waals surface area contributed by atoms with Gasteiger partial charge in [0.25, 0.3) is 0 Å². The minimum Gasteiger partial charge on any atom is -0.310 e. The fourth-order valence-electron chi connectivity index (χ4n) is 2.22. The Morgan fingerprint density at radius 1 is 1.50 bits per heavy atom. The highest BCUT2D eigenvalue weighted by Crippen LogP contribution is 2.34. The second kappa shape index (κ2) is 5.97. The Labute approximate surface area is 108 Å². The summed E-state index contributed by atoms with van der Waals surface area (Å²) in [6.07, 6.45) is 4.98. The Bertz CT molecular complexity index is 446. The second-order valence-electron chi connectivity index (χ2n) is 5.08. The van der Waals surface area contributed by atoms with E-state index in [1.54, 1.807) is 6.07 Å². The van der Waals surface area contributed by atoms with Crippen LogP contribution in [0.2, 0.25) is 0 Å².